The van der Waals surface area contributed by atoms with Crippen LogP contribution in [-0.4, -0.2) is 19.0 Å². The number of methoxy groups -OCH3 is 1. The van der Waals surface area contributed by atoms with E-state index in [0.717, 1.165) is 19.3 Å². The van der Waals surface area contributed by atoms with E-state index >= 15 is 0 Å². The summed E-state index contributed by atoms with van der Waals surface area (Å²) >= 11 is 0. The molecule has 0 N–H and O–H groups in total. The van der Waals surface area contributed by atoms with Crippen molar-refractivity contribution < 1.29 is 14.3 Å². The van der Waals surface area contributed by atoms with Crippen LogP contribution in [0.4, 0.5) is 0 Å². The van der Waals surface area contributed by atoms with Gasteiger partial charge in [-0.05, 0) is 43.0 Å². The zero-order valence-electron chi connectivity index (χ0n) is 12.0. The van der Waals surface area contributed by atoms with E-state index < -0.39 is 0 Å². The van der Waals surface area contributed by atoms with Gasteiger partial charge in [0.2, 0.25) is 5.78 Å². The summed E-state index contributed by atoms with van der Waals surface area (Å²) in [5.41, 5.74) is 1.93. The molecule has 3 nitrogen and oxygen atoms in total. The van der Waals surface area contributed by atoms with Crippen molar-refractivity contribution in [1.82, 2.24) is 0 Å². The zero-order valence-corrected chi connectivity index (χ0v) is 12.0. The number of fused-ring (bicyclic) bond motifs is 1. The second kappa shape index (κ2) is 6.00. The average Bonchev–Trinajstić information content (AvgIpc) is 2.84. The number of hydrogen-bond acceptors (Lipinski definition) is 3. The molecule has 0 fully saturated rings. The average molecular weight is 282 g/mol. The second-order valence-corrected chi connectivity index (χ2v) is 5.21. The molecular weight excluding hydrogens is 264 g/mol. The first kappa shape index (κ1) is 13.7. The molecule has 0 aromatic heterocycles. The number of benzene rings is 2. The van der Waals surface area contributed by atoms with Gasteiger partial charge in [-0.1, -0.05) is 30.3 Å². The van der Waals surface area contributed by atoms with Gasteiger partial charge in [-0.15, -0.1) is 0 Å². The van der Waals surface area contributed by atoms with E-state index in [9.17, 15) is 4.79 Å². The third-order valence-corrected chi connectivity index (χ3v) is 3.79. The molecule has 1 aliphatic rings. The van der Waals surface area contributed by atoms with E-state index in [0.29, 0.717) is 17.1 Å². The number of Topliss-reactive ketones (excluding diaryl/α,β-unsaturated/α-hetero) is 1. The summed E-state index contributed by atoms with van der Waals surface area (Å²) in [5, 5.41) is 0. The minimum absolute atomic E-state index is 0.0666. The number of carbonyl (C=O) groups excluding carboxylic acids is 1. The SMILES string of the molecule is COc1ccc2c(c1)C(=O)C(CCCc1ccccc1)O2. The van der Waals surface area contributed by atoms with Gasteiger partial charge in [-0.3, -0.25) is 4.79 Å². The first-order chi connectivity index (χ1) is 10.3. The predicted octanol–water partition coefficient (Wildman–Crippen LogP) is 3.66. The summed E-state index contributed by atoms with van der Waals surface area (Å²) in [4.78, 5) is 12.3. The van der Waals surface area contributed by atoms with Gasteiger partial charge in [-0.25, -0.2) is 0 Å². The molecule has 0 saturated carbocycles. The maximum absolute atomic E-state index is 12.3. The summed E-state index contributed by atoms with van der Waals surface area (Å²) in [6, 6.07) is 15.7. The van der Waals surface area contributed by atoms with E-state index in [-0.39, 0.29) is 11.9 Å². The van der Waals surface area contributed by atoms with Crippen LogP contribution in [0.25, 0.3) is 0 Å². The van der Waals surface area contributed by atoms with Crippen molar-refractivity contribution in [2.45, 2.75) is 25.4 Å². The van der Waals surface area contributed by atoms with E-state index in [1.54, 1.807) is 13.2 Å². The summed E-state index contributed by atoms with van der Waals surface area (Å²) < 4.78 is 10.9. The zero-order chi connectivity index (χ0) is 14.7. The fourth-order valence-electron chi connectivity index (χ4n) is 2.64. The highest BCUT2D eigenvalue weighted by molar-refractivity contribution is 6.04. The van der Waals surface area contributed by atoms with Crippen LogP contribution in [0.2, 0.25) is 0 Å². The summed E-state index contributed by atoms with van der Waals surface area (Å²) in [6.45, 7) is 0. The lowest BCUT2D eigenvalue weighted by Gasteiger charge is -2.09. The molecule has 2 aromatic carbocycles. The van der Waals surface area contributed by atoms with Crippen LogP contribution in [-0.2, 0) is 6.42 Å². The third-order valence-electron chi connectivity index (χ3n) is 3.79. The largest absolute Gasteiger partial charge is 0.497 e. The molecule has 0 saturated heterocycles. The highest BCUT2D eigenvalue weighted by atomic mass is 16.5. The minimum Gasteiger partial charge on any atom is -0.497 e. The topological polar surface area (TPSA) is 35.5 Å². The standard InChI is InChI=1S/C18H18O3/c1-20-14-10-11-16-15(12-14)18(19)17(21-16)9-5-8-13-6-3-2-4-7-13/h2-4,6-7,10-12,17H,5,8-9H2,1H3. The first-order valence-corrected chi connectivity index (χ1v) is 7.21. The Hall–Kier alpha value is -2.29. The first-order valence-electron chi connectivity index (χ1n) is 7.21. The summed E-state index contributed by atoms with van der Waals surface area (Å²) in [5.74, 6) is 1.43. The molecule has 1 atom stereocenters. The van der Waals surface area contributed by atoms with Crippen molar-refractivity contribution in [3.63, 3.8) is 0 Å². The molecule has 0 bridgehead atoms. The Labute approximate surface area is 124 Å². The van der Waals surface area contributed by atoms with Crippen molar-refractivity contribution in [1.29, 1.82) is 0 Å². The maximum Gasteiger partial charge on any atom is 0.207 e. The number of hydrogen-bond donors (Lipinski definition) is 0. The quantitative estimate of drug-likeness (QED) is 0.839. The lowest BCUT2D eigenvalue weighted by molar-refractivity contribution is 0.0843. The van der Waals surface area contributed by atoms with E-state index in [1.165, 1.54) is 5.56 Å². The molecule has 21 heavy (non-hydrogen) atoms. The molecule has 3 heteroatoms. The van der Waals surface area contributed by atoms with Crippen LogP contribution in [0.1, 0.15) is 28.8 Å². The Kier molecular flexibility index (Phi) is 3.91. The molecule has 2 aromatic rings. The molecule has 0 amide bonds. The minimum atomic E-state index is -0.351. The van der Waals surface area contributed by atoms with Gasteiger partial charge in [-0.2, -0.15) is 0 Å². The number of carbonyl (C=O) groups is 1. The van der Waals surface area contributed by atoms with E-state index in [2.05, 4.69) is 12.1 Å². The van der Waals surface area contributed by atoms with Gasteiger partial charge < -0.3 is 9.47 Å². The van der Waals surface area contributed by atoms with Crippen molar-refractivity contribution >= 4 is 5.78 Å². The van der Waals surface area contributed by atoms with Crippen molar-refractivity contribution in [3.05, 3.63) is 59.7 Å². The fourth-order valence-corrected chi connectivity index (χ4v) is 2.64. The van der Waals surface area contributed by atoms with Gasteiger partial charge in [0, 0.05) is 0 Å². The number of aryl methyl sites for hydroxylation is 1. The van der Waals surface area contributed by atoms with Crippen LogP contribution in [0.5, 0.6) is 11.5 Å². The van der Waals surface area contributed by atoms with Crippen LogP contribution >= 0.6 is 0 Å². The van der Waals surface area contributed by atoms with E-state index in [1.807, 2.05) is 30.3 Å². The van der Waals surface area contributed by atoms with Gasteiger partial charge in [0.05, 0.1) is 12.7 Å². The Morgan fingerprint density at radius 1 is 1.14 bits per heavy atom. The lowest BCUT2D eigenvalue weighted by atomic mass is 10.0. The Balaban J connectivity index is 1.60. The molecule has 1 unspecified atom stereocenters. The molecule has 1 aliphatic heterocycles. The third kappa shape index (κ3) is 2.92. The van der Waals surface area contributed by atoms with Gasteiger partial charge >= 0.3 is 0 Å². The van der Waals surface area contributed by atoms with Crippen LogP contribution in [0.15, 0.2) is 48.5 Å². The Morgan fingerprint density at radius 2 is 1.95 bits per heavy atom. The molecule has 1 heterocycles. The van der Waals surface area contributed by atoms with Crippen LogP contribution in [0, 0.1) is 0 Å². The monoisotopic (exact) mass is 282 g/mol. The van der Waals surface area contributed by atoms with Gasteiger partial charge in [0.1, 0.15) is 11.5 Å². The van der Waals surface area contributed by atoms with E-state index in [4.69, 9.17) is 9.47 Å². The molecule has 0 aliphatic carbocycles. The Bertz CT molecular complexity index is 634. The number of ketones is 1. The fraction of sp³-hybridized carbons (Fsp3) is 0.278. The normalized spacial score (nSPS) is 16.4. The van der Waals surface area contributed by atoms with Crippen molar-refractivity contribution in [2.75, 3.05) is 7.11 Å². The number of rotatable bonds is 5. The molecule has 3 rings (SSSR count). The summed E-state index contributed by atoms with van der Waals surface area (Å²) in [7, 11) is 1.60. The highest BCUT2D eigenvalue weighted by Crippen LogP contribution is 2.33. The van der Waals surface area contributed by atoms with Crippen LogP contribution in [0.3, 0.4) is 0 Å². The number of ether oxygens (including phenoxy) is 2. The highest BCUT2D eigenvalue weighted by Gasteiger charge is 2.32. The van der Waals surface area contributed by atoms with Crippen molar-refractivity contribution in [2.24, 2.45) is 0 Å². The predicted molar refractivity (Wildman–Crippen MR) is 81.1 cm³/mol. The van der Waals surface area contributed by atoms with Gasteiger partial charge in [0.15, 0.2) is 6.10 Å². The smallest absolute Gasteiger partial charge is 0.207 e. The molecular formula is C18H18O3. The molecule has 0 radical (unpaired) electrons. The maximum atomic E-state index is 12.3. The van der Waals surface area contributed by atoms with Gasteiger partial charge in [0.25, 0.3) is 0 Å². The second-order valence-electron chi connectivity index (χ2n) is 5.21. The van der Waals surface area contributed by atoms with Crippen molar-refractivity contribution in [3.8, 4) is 11.5 Å². The van der Waals surface area contributed by atoms with Crippen LogP contribution < -0.4 is 9.47 Å². The lowest BCUT2D eigenvalue weighted by Crippen LogP contribution is -2.20. The summed E-state index contributed by atoms with van der Waals surface area (Å²) in [6.07, 6.45) is 2.29. The molecule has 108 valence electrons. The Morgan fingerprint density at radius 3 is 2.71 bits per heavy atom. The molecule has 0 spiro atoms.